The molecule has 0 aliphatic heterocycles. The van der Waals surface area contributed by atoms with Crippen molar-refractivity contribution in [2.24, 2.45) is 0 Å². The molecule has 7 aromatic carbocycles. The van der Waals surface area contributed by atoms with Gasteiger partial charge in [-0.15, -0.1) is 0 Å². The monoisotopic (exact) mass is 577 g/mol. The van der Waals surface area contributed by atoms with Crippen LogP contribution in [0.3, 0.4) is 0 Å². The molecule has 0 amide bonds. The Morgan fingerprint density at radius 1 is 0.289 bits per heavy atom. The third-order valence-corrected chi connectivity index (χ3v) is 8.52. The summed E-state index contributed by atoms with van der Waals surface area (Å²) in [4.78, 5) is 2.45. The molecule has 0 aromatic heterocycles. The molecule has 0 N–H and O–H groups in total. The maximum Gasteiger partial charge on any atom is 0.0540 e. The number of hydrogen-bond acceptors (Lipinski definition) is 1. The molecule has 0 fully saturated rings. The Kier molecular flexibility index (Phi) is 7.83. The van der Waals surface area contributed by atoms with Crippen molar-refractivity contribution in [1.29, 1.82) is 0 Å². The first kappa shape index (κ1) is 28.1. The van der Waals surface area contributed by atoms with E-state index in [-0.39, 0.29) is 0 Å². The quantitative estimate of drug-likeness (QED) is 0.182. The van der Waals surface area contributed by atoms with Crippen LogP contribution in [0.1, 0.15) is 11.1 Å². The molecule has 0 aliphatic rings. The molecule has 0 saturated heterocycles. The Hall–Kier alpha value is -5.66. The smallest absolute Gasteiger partial charge is 0.0540 e. The highest BCUT2D eigenvalue weighted by atomic mass is 15.1. The predicted octanol–water partition coefficient (Wildman–Crippen LogP) is 12.4. The second-order valence-electron chi connectivity index (χ2n) is 11.5. The summed E-state index contributed by atoms with van der Waals surface area (Å²) in [5.74, 6) is 0. The molecule has 45 heavy (non-hydrogen) atoms. The van der Waals surface area contributed by atoms with Crippen LogP contribution in [0.5, 0.6) is 0 Å². The average Bonchev–Trinajstić information content (AvgIpc) is 3.11. The fourth-order valence-corrected chi connectivity index (χ4v) is 6.21. The Morgan fingerprint density at radius 3 is 1.00 bits per heavy atom. The molecule has 216 valence electrons. The minimum absolute atomic E-state index is 1.15. The van der Waals surface area contributed by atoms with E-state index in [1.54, 1.807) is 0 Å². The number of nitrogens with zero attached hydrogens (tertiary/aromatic N) is 1. The molecule has 0 unspecified atom stereocenters. The number of rotatable bonds is 7. The lowest BCUT2D eigenvalue weighted by molar-refractivity contribution is 1.23. The van der Waals surface area contributed by atoms with Gasteiger partial charge in [0.1, 0.15) is 0 Å². The normalized spacial score (nSPS) is 10.9. The summed E-state index contributed by atoms with van der Waals surface area (Å²) >= 11 is 0. The van der Waals surface area contributed by atoms with E-state index >= 15 is 0 Å². The molecular weight excluding hydrogens is 542 g/mol. The molecule has 0 atom stereocenters. The summed E-state index contributed by atoms with van der Waals surface area (Å²) in [5, 5.41) is 0. The van der Waals surface area contributed by atoms with Crippen molar-refractivity contribution >= 4 is 17.1 Å². The van der Waals surface area contributed by atoms with Crippen molar-refractivity contribution < 1.29 is 0 Å². The van der Waals surface area contributed by atoms with Crippen LogP contribution in [0.4, 0.5) is 17.1 Å². The van der Waals surface area contributed by atoms with Gasteiger partial charge < -0.3 is 4.90 Å². The lowest BCUT2D eigenvalue weighted by Gasteiger charge is -2.31. The van der Waals surface area contributed by atoms with Crippen LogP contribution in [-0.4, -0.2) is 0 Å². The maximum atomic E-state index is 2.45. The van der Waals surface area contributed by atoms with Crippen LogP contribution in [0.25, 0.3) is 44.5 Å². The second kappa shape index (κ2) is 12.5. The topological polar surface area (TPSA) is 3.24 Å². The van der Waals surface area contributed by atoms with Crippen molar-refractivity contribution in [3.8, 4) is 44.5 Å². The van der Waals surface area contributed by atoms with Gasteiger partial charge in [-0.3, -0.25) is 0 Å². The molecule has 1 heteroatoms. The zero-order chi connectivity index (χ0) is 30.6. The third kappa shape index (κ3) is 5.81. The van der Waals surface area contributed by atoms with Crippen molar-refractivity contribution in [2.75, 3.05) is 4.90 Å². The maximum absolute atomic E-state index is 2.45. The van der Waals surface area contributed by atoms with Crippen LogP contribution >= 0.6 is 0 Å². The van der Waals surface area contributed by atoms with Gasteiger partial charge in [0.05, 0.1) is 5.69 Å². The average molecular weight is 578 g/mol. The lowest BCUT2D eigenvalue weighted by atomic mass is 9.94. The van der Waals surface area contributed by atoms with E-state index in [9.17, 15) is 0 Å². The molecule has 7 aromatic rings. The second-order valence-corrected chi connectivity index (χ2v) is 11.5. The Morgan fingerprint density at radius 2 is 0.622 bits per heavy atom. The molecule has 0 heterocycles. The van der Waals surface area contributed by atoms with E-state index in [1.165, 1.54) is 55.6 Å². The molecule has 0 spiro atoms. The van der Waals surface area contributed by atoms with Crippen molar-refractivity contribution in [3.63, 3.8) is 0 Å². The van der Waals surface area contributed by atoms with Gasteiger partial charge >= 0.3 is 0 Å². The van der Waals surface area contributed by atoms with Gasteiger partial charge in [-0.2, -0.15) is 0 Å². The summed E-state index contributed by atoms with van der Waals surface area (Å²) in [7, 11) is 0. The third-order valence-electron chi connectivity index (χ3n) is 8.52. The summed E-state index contributed by atoms with van der Waals surface area (Å²) < 4.78 is 0. The zero-order valence-electron chi connectivity index (χ0n) is 25.7. The van der Waals surface area contributed by atoms with Gasteiger partial charge in [-0.1, -0.05) is 140 Å². The molecule has 7 rings (SSSR count). The van der Waals surface area contributed by atoms with Gasteiger partial charge in [-0.05, 0) is 100 Å². The highest BCUT2D eigenvalue weighted by molar-refractivity contribution is 5.92. The first-order valence-corrected chi connectivity index (χ1v) is 15.5. The van der Waals surface area contributed by atoms with E-state index in [0.29, 0.717) is 0 Å². The van der Waals surface area contributed by atoms with Crippen LogP contribution in [0.15, 0.2) is 176 Å². The van der Waals surface area contributed by atoms with Crippen molar-refractivity contribution in [3.05, 3.63) is 187 Å². The molecular formula is C44H35N. The summed E-state index contributed by atoms with van der Waals surface area (Å²) in [6.45, 7) is 4.45. The predicted molar refractivity (Wildman–Crippen MR) is 192 cm³/mol. The van der Waals surface area contributed by atoms with E-state index in [1.807, 2.05) is 0 Å². The first-order chi connectivity index (χ1) is 22.2. The molecule has 0 aliphatic carbocycles. The lowest BCUT2D eigenvalue weighted by Crippen LogP contribution is -2.14. The Balaban J connectivity index is 1.44. The van der Waals surface area contributed by atoms with Crippen molar-refractivity contribution in [2.45, 2.75) is 13.8 Å². The Labute approximate surface area is 266 Å². The fourth-order valence-electron chi connectivity index (χ4n) is 6.21. The largest absolute Gasteiger partial charge is 0.309 e. The zero-order valence-corrected chi connectivity index (χ0v) is 25.7. The fraction of sp³-hybridized carbons (Fsp3) is 0.0455. The minimum Gasteiger partial charge on any atom is -0.309 e. The molecule has 0 saturated carbocycles. The Bertz CT molecular complexity index is 1960. The van der Waals surface area contributed by atoms with Gasteiger partial charge in [0.15, 0.2) is 0 Å². The van der Waals surface area contributed by atoms with E-state index < -0.39 is 0 Å². The SMILES string of the molecule is Cc1cc(-c2ccccc2)ccc1N(c1ccc(-c2ccccc2)cc1C)c1ccc(-c2ccccc2)cc1-c1ccccc1. The standard InChI is InChI=1S/C44H35N/c1-32-29-38(34-15-7-3-8-16-34)23-26-42(32)45(43-27-24-39(30-33(43)2)35-17-9-4-10-18-35)44-28-25-40(36-19-11-5-12-20-36)31-41(44)37-21-13-6-14-22-37/h3-31H,1-2H3. The van der Waals surface area contributed by atoms with Gasteiger partial charge in [0.2, 0.25) is 0 Å². The highest BCUT2D eigenvalue weighted by Crippen LogP contribution is 2.45. The van der Waals surface area contributed by atoms with E-state index in [4.69, 9.17) is 0 Å². The van der Waals surface area contributed by atoms with Gasteiger partial charge in [0, 0.05) is 16.9 Å². The summed E-state index contributed by atoms with van der Waals surface area (Å²) in [5.41, 5.74) is 15.6. The highest BCUT2D eigenvalue weighted by Gasteiger charge is 2.21. The molecule has 0 radical (unpaired) electrons. The number of anilines is 3. The van der Waals surface area contributed by atoms with Crippen molar-refractivity contribution in [1.82, 2.24) is 0 Å². The van der Waals surface area contributed by atoms with Crippen LogP contribution in [0, 0.1) is 13.8 Å². The van der Waals surface area contributed by atoms with E-state index in [2.05, 4.69) is 195 Å². The van der Waals surface area contributed by atoms with Crippen LogP contribution in [0.2, 0.25) is 0 Å². The number of benzene rings is 7. The van der Waals surface area contributed by atoms with Crippen LogP contribution < -0.4 is 4.90 Å². The summed E-state index contributed by atoms with van der Waals surface area (Å²) in [6, 6.07) is 63.2. The van der Waals surface area contributed by atoms with E-state index in [0.717, 1.165) is 17.1 Å². The summed E-state index contributed by atoms with van der Waals surface area (Å²) in [6.07, 6.45) is 0. The van der Waals surface area contributed by atoms with Gasteiger partial charge in [-0.25, -0.2) is 0 Å². The number of hydrogen-bond donors (Lipinski definition) is 0. The van der Waals surface area contributed by atoms with Crippen LogP contribution in [-0.2, 0) is 0 Å². The minimum atomic E-state index is 1.15. The van der Waals surface area contributed by atoms with Gasteiger partial charge in [0.25, 0.3) is 0 Å². The molecule has 0 bridgehead atoms. The molecule has 1 nitrogen and oxygen atoms in total. The first-order valence-electron chi connectivity index (χ1n) is 15.5. The number of aryl methyl sites for hydroxylation is 2.